The van der Waals surface area contributed by atoms with E-state index in [-0.39, 0.29) is 10.6 Å². The predicted octanol–water partition coefficient (Wildman–Crippen LogP) is 3.84. The normalized spacial score (nSPS) is 10.5. The van der Waals surface area contributed by atoms with Gasteiger partial charge in [-0.05, 0) is 30.3 Å². The van der Waals surface area contributed by atoms with Gasteiger partial charge >= 0.3 is 0 Å². The molecule has 0 saturated carbocycles. The first-order valence-electron chi connectivity index (χ1n) is 4.74. The molecule has 17 heavy (non-hydrogen) atoms. The minimum Gasteiger partial charge on any atom is -0.399 e. The van der Waals surface area contributed by atoms with E-state index in [1.54, 1.807) is 6.07 Å². The molecule has 88 valence electrons. The van der Waals surface area contributed by atoms with Gasteiger partial charge in [-0.25, -0.2) is 13.2 Å². The lowest BCUT2D eigenvalue weighted by Gasteiger charge is -2.05. The van der Waals surface area contributed by atoms with E-state index in [0.29, 0.717) is 4.90 Å². The van der Waals surface area contributed by atoms with Crippen molar-refractivity contribution in [1.82, 2.24) is 0 Å². The second kappa shape index (κ2) is 4.71. The Hall–Kier alpha value is -1.62. The van der Waals surface area contributed by atoms with Crippen LogP contribution in [0.15, 0.2) is 46.2 Å². The number of nitrogens with two attached hydrogens (primary N) is 1. The summed E-state index contributed by atoms with van der Waals surface area (Å²) < 4.78 is 39.8. The summed E-state index contributed by atoms with van der Waals surface area (Å²) in [5.41, 5.74) is 5.31. The molecular formula is C12H8F3NS. The Bertz CT molecular complexity index is 534. The highest BCUT2D eigenvalue weighted by atomic mass is 32.2. The molecule has 0 heterocycles. The van der Waals surface area contributed by atoms with Gasteiger partial charge in [0.25, 0.3) is 0 Å². The highest BCUT2D eigenvalue weighted by Crippen LogP contribution is 2.33. The maximum atomic E-state index is 13.5. The highest BCUT2D eigenvalue weighted by Gasteiger charge is 2.12. The number of anilines is 1. The zero-order valence-corrected chi connectivity index (χ0v) is 9.40. The topological polar surface area (TPSA) is 26.0 Å². The molecule has 0 atom stereocenters. The van der Waals surface area contributed by atoms with Crippen LogP contribution in [0.2, 0.25) is 0 Å². The molecule has 0 saturated heterocycles. The Kier molecular flexibility index (Phi) is 3.28. The molecule has 0 unspecified atom stereocenters. The Morgan fingerprint density at radius 1 is 0.941 bits per heavy atom. The highest BCUT2D eigenvalue weighted by molar-refractivity contribution is 7.99. The average molecular weight is 255 g/mol. The van der Waals surface area contributed by atoms with E-state index in [0.717, 1.165) is 23.9 Å². The van der Waals surface area contributed by atoms with Crippen LogP contribution < -0.4 is 5.73 Å². The van der Waals surface area contributed by atoms with Crippen LogP contribution in [0.1, 0.15) is 0 Å². The minimum absolute atomic E-state index is 0.0172. The molecule has 0 bridgehead atoms. The maximum absolute atomic E-state index is 13.5. The number of rotatable bonds is 2. The summed E-state index contributed by atoms with van der Waals surface area (Å²) in [6.45, 7) is 0. The summed E-state index contributed by atoms with van der Waals surface area (Å²) in [7, 11) is 0. The second-order valence-electron chi connectivity index (χ2n) is 3.37. The number of hydrogen-bond acceptors (Lipinski definition) is 2. The molecule has 2 N–H and O–H groups in total. The van der Waals surface area contributed by atoms with Crippen molar-refractivity contribution in [3.05, 3.63) is 53.8 Å². The van der Waals surface area contributed by atoms with Crippen LogP contribution in [-0.4, -0.2) is 0 Å². The molecule has 0 fully saturated rings. The first kappa shape index (κ1) is 11.9. The number of nitrogen functional groups attached to an aromatic ring is 1. The van der Waals surface area contributed by atoms with E-state index >= 15 is 0 Å². The van der Waals surface area contributed by atoms with Crippen LogP contribution in [0.3, 0.4) is 0 Å². The molecule has 1 nitrogen and oxygen atoms in total. The van der Waals surface area contributed by atoms with E-state index in [2.05, 4.69) is 0 Å². The lowest BCUT2D eigenvalue weighted by Crippen LogP contribution is -1.93. The van der Waals surface area contributed by atoms with Gasteiger partial charge in [-0.2, -0.15) is 0 Å². The number of halogens is 3. The van der Waals surface area contributed by atoms with E-state index in [9.17, 15) is 13.2 Å². The summed E-state index contributed by atoms with van der Waals surface area (Å²) in [5, 5.41) is 0. The molecule has 0 aliphatic rings. The van der Waals surface area contributed by atoms with Crippen molar-refractivity contribution < 1.29 is 13.2 Å². The SMILES string of the molecule is Nc1cc(F)c(Sc2cccc(F)c2)c(F)c1. The summed E-state index contributed by atoms with van der Waals surface area (Å²) in [6, 6.07) is 7.59. The smallest absolute Gasteiger partial charge is 0.142 e. The average Bonchev–Trinajstić information content (AvgIpc) is 2.23. The molecule has 5 heteroatoms. The summed E-state index contributed by atoms with van der Waals surface area (Å²) >= 11 is 0.818. The quantitative estimate of drug-likeness (QED) is 0.825. The van der Waals surface area contributed by atoms with Crippen molar-refractivity contribution in [3.8, 4) is 0 Å². The van der Waals surface area contributed by atoms with Crippen molar-refractivity contribution in [2.45, 2.75) is 9.79 Å². The van der Waals surface area contributed by atoms with Crippen molar-refractivity contribution >= 4 is 17.4 Å². The van der Waals surface area contributed by atoms with Gasteiger partial charge in [-0.3, -0.25) is 0 Å². The molecule has 0 aliphatic heterocycles. The van der Waals surface area contributed by atoms with E-state index < -0.39 is 17.5 Å². The third kappa shape index (κ3) is 2.74. The largest absolute Gasteiger partial charge is 0.399 e. The summed E-state index contributed by atoms with van der Waals surface area (Å²) in [5.74, 6) is -1.96. The van der Waals surface area contributed by atoms with E-state index in [4.69, 9.17) is 5.73 Å². The first-order valence-corrected chi connectivity index (χ1v) is 5.56. The van der Waals surface area contributed by atoms with Crippen LogP contribution in [0.5, 0.6) is 0 Å². The van der Waals surface area contributed by atoms with Crippen molar-refractivity contribution in [1.29, 1.82) is 0 Å². The van der Waals surface area contributed by atoms with Gasteiger partial charge in [0.05, 0.1) is 4.90 Å². The van der Waals surface area contributed by atoms with Crippen molar-refractivity contribution in [2.24, 2.45) is 0 Å². The van der Waals surface area contributed by atoms with Crippen LogP contribution in [0.25, 0.3) is 0 Å². The first-order chi connectivity index (χ1) is 8.06. The van der Waals surface area contributed by atoms with Crippen LogP contribution in [-0.2, 0) is 0 Å². The van der Waals surface area contributed by atoms with Crippen LogP contribution in [0.4, 0.5) is 18.9 Å². The number of hydrogen-bond donors (Lipinski definition) is 1. The Balaban J connectivity index is 2.36. The summed E-state index contributed by atoms with van der Waals surface area (Å²) in [4.78, 5) is 0.234. The number of benzene rings is 2. The van der Waals surface area contributed by atoms with Gasteiger partial charge in [0.15, 0.2) is 0 Å². The molecule has 0 aliphatic carbocycles. The van der Waals surface area contributed by atoms with E-state index in [1.165, 1.54) is 18.2 Å². The monoisotopic (exact) mass is 255 g/mol. The standard InChI is InChI=1S/C12H8F3NS/c13-7-2-1-3-9(4-7)17-12-10(14)5-8(16)6-11(12)15/h1-6H,16H2. The van der Waals surface area contributed by atoms with Crippen molar-refractivity contribution in [3.63, 3.8) is 0 Å². The summed E-state index contributed by atoms with van der Waals surface area (Å²) in [6.07, 6.45) is 0. The second-order valence-corrected chi connectivity index (χ2v) is 4.46. The molecule has 0 spiro atoms. The fourth-order valence-electron chi connectivity index (χ4n) is 1.33. The zero-order chi connectivity index (χ0) is 12.4. The van der Waals surface area contributed by atoms with Crippen molar-refractivity contribution in [2.75, 3.05) is 5.73 Å². The minimum atomic E-state index is -0.753. The van der Waals surface area contributed by atoms with Gasteiger partial charge in [0.2, 0.25) is 0 Å². The Morgan fingerprint density at radius 2 is 1.59 bits per heavy atom. The Labute approximate surface area is 100 Å². The van der Waals surface area contributed by atoms with Gasteiger partial charge in [0.1, 0.15) is 17.5 Å². The van der Waals surface area contributed by atoms with Crippen LogP contribution in [0, 0.1) is 17.5 Å². The van der Waals surface area contributed by atoms with Crippen LogP contribution >= 0.6 is 11.8 Å². The van der Waals surface area contributed by atoms with Gasteiger partial charge in [0, 0.05) is 10.6 Å². The lowest BCUT2D eigenvalue weighted by atomic mass is 10.3. The fourth-order valence-corrected chi connectivity index (χ4v) is 2.19. The van der Waals surface area contributed by atoms with Gasteiger partial charge < -0.3 is 5.73 Å². The fraction of sp³-hybridized carbons (Fsp3) is 0. The zero-order valence-electron chi connectivity index (χ0n) is 8.58. The van der Waals surface area contributed by atoms with Gasteiger partial charge in [-0.15, -0.1) is 0 Å². The maximum Gasteiger partial charge on any atom is 0.142 e. The molecule has 0 amide bonds. The molecule has 2 aromatic carbocycles. The van der Waals surface area contributed by atoms with Gasteiger partial charge in [-0.1, -0.05) is 17.8 Å². The van der Waals surface area contributed by atoms with E-state index in [1.807, 2.05) is 0 Å². The third-order valence-corrected chi connectivity index (χ3v) is 3.12. The molecule has 2 aromatic rings. The molecular weight excluding hydrogens is 247 g/mol. The Morgan fingerprint density at radius 3 is 2.18 bits per heavy atom. The lowest BCUT2D eigenvalue weighted by molar-refractivity contribution is 0.541. The molecule has 0 radical (unpaired) electrons. The third-order valence-electron chi connectivity index (χ3n) is 2.04. The molecule has 2 rings (SSSR count). The predicted molar refractivity (Wildman–Crippen MR) is 61.3 cm³/mol. The molecule has 0 aromatic heterocycles.